The quantitative estimate of drug-likeness (QED) is 0.507. The van der Waals surface area contributed by atoms with Gasteiger partial charge in [-0.15, -0.1) is 0 Å². The smallest absolute Gasteiger partial charge is 0.427 e. The molecule has 1 heterocycles. The minimum absolute atomic E-state index is 0.720. The SMILES string of the molecule is CCO[Si]1(OCC)CCCCN1CCN=Cc1ccc(OC)cc1. The van der Waals surface area contributed by atoms with Crippen molar-refractivity contribution >= 4 is 14.9 Å². The van der Waals surface area contributed by atoms with E-state index in [4.69, 9.17) is 13.6 Å². The van der Waals surface area contributed by atoms with Crippen molar-refractivity contribution in [3.05, 3.63) is 29.8 Å². The Morgan fingerprint density at radius 1 is 1.12 bits per heavy atom. The fraction of sp³-hybridized carbons (Fsp3) is 0.611. The molecule has 0 radical (unpaired) electrons. The van der Waals surface area contributed by atoms with E-state index in [0.29, 0.717) is 0 Å². The molecule has 24 heavy (non-hydrogen) atoms. The van der Waals surface area contributed by atoms with Crippen molar-refractivity contribution in [1.29, 1.82) is 0 Å². The summed E-state index contributed by atoms with van der Waals surface area (Å²) in [7, 11) is -0.536. The van der Waals surface area contributed by atoms with E-state index in [0.717, 1.165) is 50.2 Å². The minimum atomic E-state index is -2.21. The highest BCUT2D eigenvalue weighted by molar-refractivity contribution is 6.64. The van der Waals surface area contributed by atoms with Crippen LogP contribution < -0.4 is 4.74 Å². The molecule has 5 nitrogen and oxygen atoms in total. The number of rotatable bonds is 9. The summed E-state index contributed by atoms with van der Waals surface area (Å²) in [5, 5.41) is 0. The summed E-state index contributed by atoms with van der Waals surface area (Å²) in [6.07, 6.45) is 4.35. The molecular formula is C18H30N2O3Si. The molecule has 0 aliphatic carbocycles. The number of hydrogen-bond donors (Lipinski definition) is 0. The Kier molecular flexibility index (Phi) is 7.91. The third-order valence-corrected chi connectivity index (χ3v) is 8.12. The van der Waals surface area contributed by atoms with Crippen molar-refractivity contribution in [1.82, 2.24) is 4.57 Å². The molecule has 1 aromatic carbocycles. The summed E-state index contributed by atoms with van der Waals surface area (Å²) < 4.78 is 19.9. The lowest BCUT2D eigenvalue weighted by Gasteiger charge is -2.42. The Morgan fingerprint density at radius 2 is 1.83 bits per heavy atom. The van der Waals surface area contributed by atoms with E-state index >= 15 is 0 Å². The predicted molar refractivity (Wildman–Crippen MR) is 100 cm³/mol. The van der Waals surface area contributed by atoms with E-state index in [1.165, 1.54) is 12.8 Å². The van der Waals surface area contributed by atoms with Crippen molar-refractivity contribution in [2.75, 3.05) is 40.0 Å². The van der Waals surface area contributed by atoms with Gasteiger partial charge < -0.3 is 13.6 Å². The molecule has 0 saturated carbocycles. The number of methoxy groups -OCH3 is 1. The van der Waals surface area contributed by atoms with Crippen molar-refractivity contribution < 1.29 is 13.6 Å². The van der Waals surface area contributed by atoms with Gasteiger partial charge in [0.05, 0.1) is 13.7 Å². The van der Waals surface area contributed by atoms with Gasteiger partial charge in [-0.3, -0.25) is 9.56 Å². The topological polar surface area (TPSA) is 43.3 Å². The monoisotopic (exact) mass is 350 g/mol. The van der Waals surface area contributed by atoms with E-state index in [9.17, 15) is 0 Å². The van der Waals surface area contributed by atoms with E-state index in [1.807, 2.05) is 30.5 Å². The second-order valence-corrected chi connectivity index (χ2v) is 8.97. The summed E-state index contributed by atoms with van der Waals surface area (Å²) in [5.41, 5.74) is 1.09. The Bertz CT molecular complexity index is 496. The average Bonchev–Trinajstić information content (AvgIpc) is 2.61. The van der Waals surface area contributed by atoms with Gasteiger partial charge in [0.1, 0.15) is 5.75 Å². The second-order valence-electron chi connectivity index (χ2n) is 5.83. The van der Waals surface area contributed by atoms with Gasteiger partial charge in [-0.25, -0.2) is 0 Å². The third-order valence-electron chi connectivity index (χ3n) is 4.25. The van der Waals surface area contributed by atoms with Gasteiger partial charge in [0.25, 0.3) is 0 Å². The van der Waals surface area contributed by atoms with Crippen molar-refractivity contribution in [3.8, 4) is 5.75 Å². The first kappa shape index (κ1) is 19.1. The summed E-state index contributed by atoms with van der Waals surface area (Å²) in [4.78, 5) is 4.58. The second kappa shape index (κ2) is 9.93. The maximum Gasteiger partial charge on any atom is 0.427 e. The summed E-state index contributed by atoms with van der Waals surface area (Å²) in [6.45, 7) is 8.28. The van der Waals surface area contributed by atoms with Crippen molar-refractivity contribution in [3.63, 3.8) is 0 Å². The number of nitrogens with zero attached hydrogens (tertiary/aromatic N) is 2. The maximum atomic E-state index is 6.14. The average molecular weight is 351 g/mol. The maximum absolute atomic E-state index is 6.14. The summed E-state index contributed by atoms with van der Waals surface area (Å²) >= 11 is 0. The zero-order valence-electron chi connectivity index (χ0n) is 15.2. The highest BCUT2D eigenvalue weighted by atomic mass is 28.4. The van der Waals surface area contributed by atoms with Gasteiger partial charge in [-0.2, -0.15) is 0 Å². The van der Waals surface area contributed by atoms with Crippen LogP contribution in [0.1, 0.15) is 32.3 Å². The van der Waals surface area contributed by atoms with E-state index in [2.05, 4.69) is 23.4 Å². The molecule has 134 valence electrons. The van der Waals surface area contributed by atoms with Gasteiger partial charge >= 0.3 is 8.72 Å². The molecule has 1 aliphatic rings. The lowest BCUT2D eigenvalue weighted by Crippen LogP contribution is -2.61. The molecular weight excluding hydrogens is 320 g/mol. The molecule has 0 unspecified atom stereocenters. The zero-order valence-corrected chi connectivity index (χ0v) is 16.2. The van der Waals surface area contributed by atoms with Crippen LogP contribution >= 0.6 is 0 Å². The Morgan fingerprint density at radius 3 is 2.46 bits per heavy atom. The fourth-order valence-electron chi connectivity index (χ4n) is 3.12. The predicted octanol–water partition coefficient (Wildman–Crippen LogP) is 3.22. The first-order valence-electron chi connectivity index (χ1n) is 8.91. The van der Waals surface area contributed by atoms with Crippen LogP contribution in [0, 0.1) is 0 Å². The van der Waals surface area contributed by atoms with Crippen LogP contribution in [0.15, 0.2) is 29.3 Å². The Labute approximate surface area is 147 Å². The molecule has 2 rings (SSSR count). The molecule has 0 spiro atoms. The van der Waals surface area contributed by atoms with Crippen LogP contribution in [-0.2, 0) is 8.85 Å². The Balaban J connectivity index is 1.91. The minimum Gasteiger partial charge on any atom is -0.497 e. The highest BCUT2D eigenvalue weighted by Crippen LogP contribution is 2.27. The van der Waals surface area contributed by atoms with Crippen molar-refractivity contribution in [2.24, 2.45) is 4.99 Å². The number of hydrogen-bond acceptors (Lipinski definition) is 5. The molecule has 0 bridgehead atoms. The first-order chi connectivity index (χ1) is 11.7. The van der Waals surface area contributed by atoms with Crippen LogP contribution in [0.2, 0.25) is 6.04 Å². The van der Waals surface area contributed by atoms with Crippen LogP contribution in [0.25, 0.3) is 0 Å². The van der Waals surface area contributed by atoms with Gasteiger partial charge in [0, 0.05) is 32.0 Å². The standard InChI is InChI=1S/C18H30N2O3Si/c1-4-22-24(23-5-2)15-7-6-13-20(24)14-12-19-16-17-8-10-18(21-3)11-9-17/h8-11,16H,4-7,12-15H2,1-3H3. The lowest BCUT2D eigenvalue weighted by molar-refractivity contribution is 0.110. The van der Waals surface area contributed by atoms with Crippen molar-refractivity contribution in [2.45, 2.75) is 32.7 Å². The molecule has 0 atom stereocenters. The third kappa shape index (κ3) is 5.14. The molecule has 0 amide bonds. The van der Waals surface area contributed by atoms with Crippen LogP contribution in [-0.4, -0.2) is 59.5 Å². The molecule has 1 saturated heterocycles. The van der Waals surface area contributed by atoms with Crippen LogP contribution in [0.3, 0.4) is 0 Å². The molecule has 0 aromatic heterocycles. The fourth-order valence-corrected chi connectivity index (χ4v) is 6.71. The van der Waals surface area contributed by atoms with Gasteiger partial charge in [-0.05, 0) is 63.1 Å². The Hall–Kier alpha value is -1.21. The van der Waals surface area contributed by atoms with Crippen LogP contribution in [0.5, 0.6) is 5.75 Å². The van der Waals surface area contributed by atoms with E-state index in [1.54, 1.807) is 7.11 Å². The lowest BCUT2D eigenvalue weighted by atomic mass is 10.2. The summed E-state index contributed by atoms with van der Waals surface area (Å²) in [6, 6.07) is 9.00. The number of benzene rings is 1. The molecule has 1 aromatic rings. The van der Waals surface area contributed by atoms with E-state index < -0.39 is 8.72 Å². The van der Waals surface area contributed by atoms with Gasteiger partial charge in [0.15, 0.2) is 0 Å². The van der Waals surface area contributed by atoms with Gasteiger partial charge in [0.2, 0.25) is 0 Å². The molecule has 1 aliphatic heterocycles. The molecule has 1 fully saturated rings. The first-order valence-corrected chi connectivity index (χ1v) is 10.9. The van der Waals surface area contributed by atoms with Crippen LogP contribution in [0.4, 0.5) is 0 Å². The largest absolute Gasteiger partial charge is 0.497 e. The van der Waals surface area contributed by atoms with E-state index in [-0.39, 0.29) is 0 Å². The highest BCUT2D eigenvalue weighted by Gasteiger charge is 2.46. The molecule has 0 N–H and O–H groups in total. The normalized spacial score (nSPS) is 18.1. The van der Waals surface area contributed by atoms with Gasteiger partial charge in [-0.1, -0.05) is 0 Å². The summed E-state index contributed by atoms with van der Waals surface area (Å²) in [5.74, 6) is 0.865. The zero-order chi connectivity index (χ0) is 17.3. The number of ether oxygens (including phenoxy) is 1. The number of aliphatic imine (C=N–C) groups is 1. The molecule has 6 heteroatoms.